The highest BCUT2D eigenvalue weighted by Crippen LogP contribution is 2.29. The van der Waals surface area contributed by atoms with Crippen LogP contribution >= 0.6 is 11.3 Å². The number of sulfonamides is 1. The number of piperidine rings is 1. The zero-order chi connectivity index (χ0) is 24.4. The number of fused-ring (bicyclic) bond motifs is 1. The molecule has 7 nitrogen and oxygen atoms in total. The first-order chi connectivity index (χ1) is 16.9. The van der Waals surface area contributed by atoms with Gasteiger partial charge < -0.3 is 0 Å². The van der Waals surface area contributed by atoms with E-state index in [1.807, 2.05) is 6.07 Å². The summed E-state index contributed by atoms with van der Waals surface area (Å²) < 4.78 is 27.5. The molecule has 184 valence electrons. The predicted molar refractivity (Wildman–Crippen MR) is 138 cm³/mol. The maximum Gasteiger partial charge on any atom is 0.257 e. The van der Waals surface area contributed by atoms with Crippen molar-refractivity contribution >= 4 is 32.4 Å². The van der Waals surface area contributed by atoms with Gasteiger partial charge in [-0.15, -0.1) is 11.3 Å². The number of anilines is 1. The largest absolute Gasteiger partial charge is 0.298 e. The van der Waals surface area contributed by atoms with Crippen LogP contribution in [0, 0.1) is 5.92 Å². The molecule has 0 spiro atoms. The average Bonchev–Trinajstić information content (AvgIpc) is 3.26. The summed E-state index contributed by atoms with van der Waals surface area (Å²) in [6.45, 7) is 5.82. The number of nitrogens with zero attached hydrogens (tertiary/aromatic N) is 3. The summed E-state index contributed by atoms with van der Waals surface area (Å²) in [6, 6.07) is 16.6. The Hall–Kier alpha value is -2.59. The summed E-state index contributed by atoms with van der Waals surface area (Å²) in [5, 5.41) is 3.48. The fourth-order valence-corrected chi connectivity index (χ4v) is 7.38. The molecular formula is C26H30N4O3S2. The number of rotatable bonds is 6. The summed E-state index contributed by atoms with van der Waals surface area (Å²) in [5.41, 5.74) is 2.75. The van der Waals surface area contributed by atoms with Gasteiger partial charge in [-0.25, -0.2) is 13.4 Å². The van der Waals surface area contributed by atoms with Gasteiger partial charge in [-0.1, -0.05) is 37.3 Å². The van der Waals surface area contributed by atoms with Gasteiger partial charge in [0, 0.05) is 49.6 Å². The van der Waals surface area contributed by atoms with E-state index in [0.717, 1.165) is 44.6 Å². The van der Waals surface area contributed by atoms with Crippen molar-refractivity contribution in [3.05, 3.63) is 76.3 Å². The Bertz CT molecular complexity index is 1290. The minimum atomic E-state index is -3.54. The first kappa shape index (κ1) is 24.1. The lowest BCUT2D eigenvalue weighted by molar-refractivity contribution is 0.102. The maximum absolute atomic E-state index is 13.0. The highest BCUT2D eigenvalue weighted by molar-refractivity contribution is 7.89. The average molecular weight is 511 g/mol. The highest BCUT2D eigenvalue weighted by atomic mass is 32.2. The van der Waals surface area contributed by atoms with Crippen LogP contribution in [-0.4, -0.2) is 48.1 Å². The molecule has 2 aromatic carbocycles. The number of carbonyl (C=O) groups is 1. The van der Waals surface area contributed by atoms with E-state index in [1.54, 1.807) is 16.4 Å². The molecule has 1 aromatic heterocycles. The summed E-state index contributed by atoms with van der Waals surface area (Å²) in [5.74, 6) is 0.0749. The van der Waals surface area contributed by atoms with E-state index < -0.39 is 10.0 Å². The zero-order valence-electron chi connectivity index (χ0n) is 19.8. The van der Waals surface area contributed by atoms with Crippen LogP contribution in [-0.2, 0) is 29.5 Å². The smallest absolute Gasteiger partial charge is 0.257 e. The Kier molecular flexibility index (Phi) is 7.02. The molecule has 1 fully saturated rings. The standard InChI is InChI=1S/C26H30N4O3S2/c1-19-6-5-14-30(16-19)35(32,33)22-11-9-21(10-12-22)25(31)28-26-27-23-13-15-29(18-24(23)34-26)17-20-7-3-2-4-8-20/h2-4,7-12,19H,5-6,13-18H2,1H3,(H,27,28,31)/t19-/m0/s1. The van der Waals surface area contributed by atoms with Gasteiger partial charge in [0.15, 0.2) is 5.13 Å². The van der Waals surface area contributed by atoms with Crippen molar-refractivity contribution in [1.82, 2.24) is 14.2 Å². The van der Waals surface area contributed by atoms with Gasteiger partial charge in [0.2, 0.25) is 10.0 Å². The number of aromatic nitrogens is 1. The highest BCUT2D eigenvalue weighted by Gasteiger charge is 2.29. The van der Waals surface area contributed by atoms with E-state index in [-0.39, 0.29) is 10.8 Å². The van der Waals surface area contributed by atoms with Crippen molar-refractivity contribution in [2.75, 3.05) is 25.0 Å². The number of amides is 1. The number of benzene rings is 2. The van der Waals surface area contributed by atoms with Crippen LogP contribution < -0.4 is 5.32 Å². The first-order valence-electron chi connectivity index (χ1n) is 12.0. The summed E-state index contributed by atoms with van der Waals surface area (Å²) in [7, 11) is -3.54. The molecule has 0 unspecified atom stereocenters. The molecule has 1 atom stereocenters. The molecule has 3 aromatic rings. The topological polar surface area (TPSA) is 82.6 Å². The van der Waals surface area contributed by atoms with E-state index in [2.05, 4.69) is 46.4 Å². The van der Waals surface area contributed by atoms with E-state index in [1.165, 1.54) is 33.9 Å². The Morgan fingerprint density at radius 1 is 1.11 bits per heavy atom. The van der Waals surface area contributed by atoms with Gasteiger partial charge in [0.25, 0.3) is 5.91 Å². The normalized spacial score (nSPS) is 19.3. The van der Waals surface area contributed by atoms with E-state index in [0.29, 0.717) is 29.7 Å². The molecule has 0 saturated carbocycles. The second kappa shape index (κ2) is 10.2. The van der Waals surface area contributed by atoms with Crippen molar-refractivity contribution in [2.24, 2.45) is 5.92 Å². The third kappa shape index (κ3) is 5.48. The van der Waals surface area contributed by atoms with Crippen molar-refractivity contribution in [1.29, 1.82) is 0 Å². The van der Waals surface area contributed by atoms with Crippen LogP contribution in [0.4, 0.5) is 5.13 Å². The van der Waals surface area contributed by atoms with Crippen molar-refractivity contribution in [2.45, 2.75) is 44.2 Å². The van der Waals surface area contributed by atoms with Crippen molar-refractivity contribution in [3.8, 4) is 0 Å². The lowest BCUT2D eigenvalue weighted by atomic mass is 10.0. The lowest BCUT2D eigenvalue weighted by Gasteiger charge is -2.30. The lowest BCUT2D eigenvalue weighted by Crippen LogP contribution is -2.39. The summed E-state index contributed by atoms with van der Waals surface area (Å²) in [4.78, 5) is 21.3. The Morgan fingerprint density at radius 2 is 1.89 bits per heavy atom. The number of hydrogen-bond donors (Lipinski definition) is 1. The maximum atomic E-state index is 13.0. The molecule has 2 aliphatic rings. The van der Waals surface area contributed by atoms with Gasteiger partial charge >= 0.3 is 0 Å². The fourth-order valence-electron chi connectivity index (χ4n) is 4.74. The fraction of sp³-hybridized carbons (Fsp3) is 0.385. The SMILES string of the molecule is C[C@H]1CCCN(S(=O)(=O)c2ccc(C(=O)Nc3nc4c(s3)CN(Cc3ccccc3)CC4)cc2)C1. The van der Waals surface area contributed by atoms with Gasteiger partial charge in [0.05, 0.1) is 10.6 Å². The molecule has 35 heavy (non-hydrogen) atoms. The van der Waals surface area contributed by atoms with Crippen LogP contribution in [0.3, 0.4) is 0 Å². The molecule has 0 bridgehead atoms. The molecule has 0 aliphatic carbocycles. The quantitative estimate of drug-likeness (QED) is 0.532. The minimum absolute atomic E-state index is 0.228. The molecule has 1 amide bonds. The second-order valence-electron chi connectivity index (χ2n) is 9.42. The molecule has 1 saturated heterocycles. The number of nitrogens with one attached hydrogen (secondary N) is 1. The minimum Gasteiger partial charge on any atom is -0.298 e. The van der Waals surface area contributed by atoms with Gasteiger partial charge in [0.1, 0.15) is 0 Å². The van der Waals surface area contributed by atoms with Crippen LogP contribution in [0.15, 0.2) is 59.5 Å². The zero-order valence-corrected chi connectivity index (χ0v) is 21.4. The summed E-state index contributed by atoms with van der Waals surface area (Å²) >= 11 is 1.51. The molecular weight excluding hydrogens is 480 g/mol. The molecule has 3 heterocycles. The van der Waals surface area contributed by atoms with E-state index in [4.69, 9.17) is 0 Å². The van der Waals surface area contributed by atoms with Crippen molar-refractivity contribution in [3.63, 3.8) is 0 Å². The van der Waals surface area contributed by atoms with Crippen molar-refractivity contribution < 1.29 is 13.2 Å². The molecule has 1 N–H and O–H groups in total. The third-order valence-corrected chi connectivity index (χ3v) is 9.53. The molecule has 5 rings (SSSR count). The molecule has 2 aliphatic heterocycles. The van der Waals surface area contributed by atoms with Crippen LogP contribution in [0.1, 0.15) is 46.3 Å². The Labute approximate surface area is 210 Å². The molecule has 9 heteroatoms. The number of thiazole rings is 1. The van der Waals surface area contributed by atoms with Crippen LogP contribution in [0.5, 0.6) is 0 Å². The van der Waals surface area contributed by atoms with Gasteiger partial charge in [-0.3, -0.25) is 15.0 Å². The molecule has 0 radical (unpaired) electrons. The summed E-state index contributed by atoms with van der Waals surface area (Å²) in [6.07, 6.45) is 2.79. The first-order valence-corrected chi connectivity index (χ1v) is 14.3. The Balaban J connectivity index is 1.22. The third-order valence-electron chi connectivity index (χ3n) is 6.65. The number of carbonyl (C=O) groups excluding carboxylic acids is 1. The number of hydrogen-bond acceptors (Lipinski definition) is 6. The second-order valence-corrected chi connectivity index (χ2v) is 12.4. The van der Waals surface area contributed by atoms with E-state index in [9.17, 15) is 13.2 Å². The van der Waals surface area contributed by atoms with Crippen LogP contribution in [0.25, 0.3) is 0 Å². The van der Waals surface area contributed by atoms with Gasteiger partial charge in [-0.05, 0) is 48.6 Å². The van der Waals surface area contributed by atoms with E-state index >= 15 is 0 Å². The predicted octanol–water partition coefficient (Wildman–Crippen LogP) is 4.37. The van der Waals surface area contributed by atoms with Gasteiger partial charge in [-0.2, -0.15) is 4.31 Å². The monoisotopic (exact) mass is 510 g/mol. The van der Waals surface area contributed by atoms with Crippen LogP contribution in [0.2, 0.25) is 0 Å². The Morgan fingerprint density at radius 3 is 2.63 bits per heavy atom.